The third kappa shape index (κ3) is 2.74. The maximum Gasteiger partial charge on any atom is 0.156 e. The summed E-state index contributed by atoms with van der Waals surface area (Å²) < 4.78 is 5.65. The maximum absolute atomic E-state index is 9.58. The molecule has 26 heavy (non-hydrogen) atoms. The van der Waals surface area contributed by atoms with E-state index in [1.54, 1.807) is 6.20 Å². The second-order valence-electron chi connectivity index (χ2n) is 6.04. The fourth-order valence-corrected chi connectivity index (χ4v) is 3.87. The summed E-state index contributed by atoms with van der Waals surface area (Å²) >= 11 is 12.4. The van der Waals surface area contributed by atoms with Crippen molar-refractivity contribution in [1.29, 1.82) is 5.26 Å². The Morgan fingerprint density at radius 3 is 3.00 bits per heavy atom. The standard InChI is InChI=1S/C20H15Cl2N3O/c21-7-8-26-20-13(10-23)9-17-14(4-2-5-15(17)18(20)22)16-6-1-3-12-11-24-25-19(12)16/h1,3-4,6,9,11H,2,5,7-8H2,(H,24,25). The van der Waals surface area contributed by atoms with Gasteiger partial charge in [-0.3, -0.25) is 5.10 Å². The smallest absolute Gasteiger partial charge is 0.156 e. The van der Waals surface area contributed by atoms with E-state index >= 15 is 0 Å². The molecule has 4 rings (SSSR count). The number of nitriles is 1. The van der Waals surface area contributed by atoms with E-state index in [2.05, 4.69) is 28.4 Å². The van der Waals surface area contributed by atoms with Crippen molar-refractivity contribution in [3.63, 3.8) is 0 Å². The van der Waals surface area contributed by atoms with Crippen molar-refractivity contribution in [2.45, 2.75) is 12.8 Å². The molecule has 3 aromatic rings. The van der Waals surface area contributed by atoms with Gasteiger partial charge in [0.25, 0.3) is 0 Å². The highest BCUT2D eigenvalue weighted by atomic mass is 35.5. The van der Waals surface area contributed by atoms with Gasteiger partial charge < -0.3 is 4.74 Å². The number of allylic oxidation sites excluding steroid dienone is 1. The van der Waals surface area contributed by atoms with Gasteiger partial charge in [0, 0.05) is 10.9 Å². The lowest BCUT2D eigenvalue weighted by molar-refractivity contribution is 0.341. The number of nitrogens with zero attached hydrogens (tertiary/aromatic N) is 2. The van der Waals surface area contributed by atoms with Crippen molar-refractivity contribution in [1.82, 2.24) is 10.2 Å². The van der Waals surface area contributed by atoms with Crippen LogP contribution in [0.1, 0.15) is 28.7 Å². The highest BCUT2D eigenvalue weighted by Crippen LogP contribution is 2.42. The van der Waals surface area contributed by atoms with E-state index in [1.807, 2.05) is 18.2 Å². The molecule has 130 valence electrons. The molecule has 0 bridgehead atoms. The van der Waals surface area contributed by atoms with Crippen LogP contribution in [0.2, 0.25) is 5.02 Å². The van der Waals surface area contributed by atoms with Gasteiger partial charge in [0.1, 0.15) is 12.7 Å². The lowest BCUT2D eigenvalue weighted by Crippen LogP contribution is -2.07. The number of halogens is 2. The largest absolute Gasteiger partial charge is 0.489 e. The molecule has 1 N–H and O–H groups in total. The molecular weight excluding hydrogens is 369 g/mol. The van der Waals surface area contributed by atoms with E-state index in [0.29, 0.717) is 28.8 Å². The lowest BCUT2D eigenvalue weighted by atomic mass is 9.85. The van der Waals surface area contributed by atoms with Crippen LogP contribution >= 0.6 is 23.2 Å². The summed E-state index contributed by atoms with van der Waals surface area (Å²) in [6, 6.07) is 10.1. The predicted octanol–water partition coefficient (Wildman–Crippen LogP) is 5.08. The normalized spacial score (nSPS) is 13.2. The molecule has 6 heteroatoms. The molecule has 0 spiro atoms. The van der Waals surface area contributed by atoms with E-state index in [-0.39, 0.29) is 0 Å². The first-order chi connectivity index (χ1) is 12.7. The number of nitrogens with one attached hydrogen (secondary N) is 1. The molecule has 0 saturated heterocycles. The monoisotopic (exact) mass is 383 g/mol. The first-order valence-electron chi connectivity index (χ1n) is 8.31. The SMILES string of the molecule is N#Cc1cc2c(c(Cl)c1OCCCl)CCC=C2c1cccc2cn[nH]c12. The highest BCUT2D eigenvalue weighted by Gasteiger charge is 2.24. The predicted molar refractivity (Wildman–Crippen MR) is 104 cm³/mol. The Balaban J connectivity index is 1.91. The van der Waals surface area contributed by atoms with Crippen molar-refractivity contribution in [2.75, 3.05) is 12.5 Å². The number of benzene rings is 2. The van der Waals surface area contributed by atoms with Gasteiger partial charge in [0.05, 0.1) is 28.2 Å². The van der Waals surface area contributed by atoms with Crippen molar-refractivity contribution in [3.05, 3.63) is 63.8 Å². The number of para-hydroxylation sites is 1. The minimum absolute atomic E-state index is 0.310. The third-order valence-electron chi connectivity index (χ3n) is 4.57. The molecule has 0 unspecified atom stereocenters. The molecule has 0 atom stereocenters. The van der Waals surface area contributed by atoms with Gasteiger partial charge in [-0.1, -0.05) is 35.9 Å². The minimum Gasteiger partial charge on any atom is -0.489 e. The average Bonchev–Trinajstić information content (AvgIpc) is 3.15. The molecule has 1 aliphatic carbocycles. The molecule has 0 fully saturated rings. The molecule has 4 nitrogen and oxygen atoms in total. The number of fused-ring (bicyclic) bond motifs is 2. The number of hydrogen-bond acceptors (Lipinski definition) is 3. The summed E-state index contributed by atoms with van der Waals surface area (Å²) in [5.41, 5.74) is 5.48. The third-order valence-corrected chi connectivity index (χ3v) is 5.12. The van der Waals surface area contributed by atoms with Crippen LogP contribution in [0.3, 0.4) is 0 Å². The van der Waals surface area contributed by atoms with E-state index in [0.717, 1.165) is 46.0 Å². The molecule has 0 saturated carbocycles. The second kappa shape index (κ2) is 7.03. The Hall–Kier alpha value is -2.48. The summed E-state index contributed by atoms with van der Waals surface area (Å²) in [5, 5.41) is 18.4. The Bertz CT molecular complexity index is 1060. The van der Waals surface area contributed by atoms with Crippen molar-refractivity contribution in [2.24, 2.45) is 0 Å². The number of alkyl halides is 1. The summed E-state index contributed by atoms with van der Waals surface area (Å²) in [6.07, 6.45) is 5.67. The van der Waals surface area contributed by atoms with Gasteiger partial charge in [-0.2, -0.15) is 10.4 Å². The van der Waals surface area contributed by atoms with Crippen LogP contribution < -0.4 is 4.74 Å². The molecular formula is C20H15Cl2N3O. The second-order valence-corrected chi connectivity index (χ2v) is 6.79. The first kappa shape index (κ1) is 17.0. The van der Waals surface area contributed by atoms with Crippen LogP contribution in [0.15, 0.2) is 36.5 Å². The van der Waals surface area contributed by atoms with Gasteiger partial charge in [0.2, 0.25) is 0 Å². The molecule has 1 heterocycles. The number of hydrogen-bond donors (Lipinski definition) is 1. The Labute approximate surface area is 161 Å². The number of H-pyrrole nitrogens is 1. The van der Waals surface area contributed by atoms with Gasteiger partial charge in [-0.15, -0.1) is 11.6 Å². The zero-order chi connectivity index (χ0) is 18.1. The zero-order valence-electron chi connectivity index (χ0n) is 13.9. The van der Waals surface area contributed by atoms with E-state index in [4.69, 9.17) is 27.9 Å². The maximum atomic E-state index is 9.58. The Morgan fingerprint density at radius 1 is 1.31 bits per heavy atom. The summed E-state index contributed by atoms with van der Waals surface area (Å²) in [7, 11) is 0. The first-order valence-corrected chi connectivity index (χ1v) is 9.23. The zero-order valence-corrected chi connectivity index (χ0v) is 15.4. The summed E-state index contributed by atoms with van der Waals surface area (Å²) in [6.45, 7) is 0.310. The van der Waals surface area contributed by atoms with Crippen LogP contribution in [0.4, 0.5) is 0 Å². The van der Waals surface area contributed by atoms with Crippen molar-refractivity contribution >= 4 is 39.7 Å². The molecule has 2 aromatic carbocycles. The molecule has 0 amide bonds. The van der Waals surface area contributed by atoms with Gasteiger partial charge >= 0.3 is 0 Å². The average molecular weight is 384 g/mol. The van der Waals surface area contributed by atoms with E-state index in [1.165, 1.54) is 0 Å². The Morgan fingerprint density at radius 2 is 2.19 bits per heavy atom. The van der Waals surface area contributed by atoms with Crippen LogP contribution in [-0.4, -0.2) is 22.7 Å². The fraction of sp³-hybridized carbons (Fsp3) is 0.200. The van der Waals surface area contributed by atoms with Crippen LogP contribution in [0, 0.1) is 11.3 Å². The van der Waals surface area contributed by atoms with Gasteiger partial charge in [-0.25, -0.2) is 0 Å². The van der Waals surface area contributed by atoms with Crippen molar-refractivity contribution < 1.29 is 4.74 Å². The van der Waals surface area contributed by atoms with E-state index < -0.39 is 0 Å². The Kier molecular flexibility index (Phi) is 4.58. The van der Waals surface area contributed by atoms with Gasteiger partial charge in [0.15, 0.2) is 5.75 Å². The van der Waals surface area contributed by atoms with Crippen molar-refractivity contribution in [3.8, 4) is 11.8 Å². The number of aromatic amines is 1. The number of aromatic nitrogens is 2. The molecule has 1 aromatic heterocycles. The molecule has 0 radical (unpaired) electrons. The number of rotatable bonds is 4. The van der Waals surface area contributed by atoms with Gasteiger partial charge in [-0.05, 0) is 35.6 Å². The quantitative estimate of drug-likeness (QED) is 0.638. The highest BCUT2D eigenvalue weighted by molar-refractivity contribution is 6.33. The summed E-state index contributed by atoms with van der Waals surface area (Å²) in [4.78, 5) is 0. The molecule has 1 aliphatic rings. The lowest BCUT2D eigenvalue weighted by Gasteiger charge is -2.22. The fourth-order valence-electron chi connectivity index (χ4n) is 3.44. The molecule has 0 aliphatic heterocycles. The van der Waals surface area contributed by atoms with E-state index in [9.17, 15) is 5.26 Å². The minimum atomic E-state index is 0.310. The number of ether oxygens (including phenoxy) is 1. The van der Waals surface area contributed by atoms with Crippen LogP contribution in [0.5, 0.6) is 5.75 Å². The van der Waals surface area contributed by atoms with Crippen LogP contribution in [0.25, 0.3) is 16.5 Å². The van der Waals surface area contributed by atoms with Crippen LogP contribution in [-0.2, 0) is 6.42 Å². The topological polar surface area (TPSA) is 61.7 Å². The summed E-state index contributed by atoms with van der Waals surface area (Å²) in [5.74, 6) is 0.764.